The number of nitrogens with zero attached hydrogens (tertiary/aromatic N) is 2. The molecule has 5 heterocycles. The van der Waals surface area contributed by atoms with Gasteiger partial charge in [-0.3, -0.25) is 0 Å². The van der Waals surface area contributed by atoms with Gasteiger partial charge < -0.3 is 9.97 Å². The molecule has 0 amide bonds. The van der Waals surface area contributed by atoms with Crippen LogP contribution < -0.4 is 0 Å². The summed E-state index contributed by atoms with van der Waals surface area (Å²) in [5, 5.41) is 0. The van der Waals surface area contributed by atoms with Crippen molar-refractivity contribution in [2.45, 2.75) is 107 Å². The molecule has 2 N–H and O–H groups in total. The fraction of sp³-hybridized carbons (Fsp3) is 0.421. The van der Waals surface area contributed by atoms with E-state index in [9.17, 15) is 0 Å². The van der Waals surface area contributed by atoms with Gasteiger partial charge in [-0.2, -0.15) is 0 Å². The first-order chi connectivity index (χ1) is 20.4. The average molecular weight is 559 g/mol. The van der Waals surface area contributed by atoms with Crippen LogP contribution in [0.15, 0.2) is 18.2 Å². The minimum atomic E-state index is 0.821. The van der Waals surface area contributed by atoms with Gasteiger partial charge in [0, 0.05) is 22.1 Å². The van der Waals surface area contributed by atoms with Gasteiger partial charge in [-0.25, -0.2) is 9.97 Å². The molecule has 3 aromatic rings. The van der Waals surface area contributed by atoms with Crippen LogP contribution in [-0.2, 0) is 25.7 Å². The lowest BCUT2D eigenvalue weighted by Crippen LogP contribution is -1.94. The number of hydrogen-bond acceptors (Lipinski definition) is 2. The molecule has 0 atom stereocenters. The van der Waals surface area contributed by atoms with Crippen LogP contribution >= 0.6 is 0 Å². The first kappa shape index (κ1) is 29.6. The summed E-state index contributed by atoms with van der Waals surface area (Å²) in [6.07, 6.45) is 13.8. The first-order valence-electron chi connectivity index (χ1n) is 16.2. The van der Waals surface area contributed by atoms with Gasteiger partial charge in [-0.05, 0) is 114 Å². The molecule has 218 valence electrons. The Morgan fingerprint density at radius 3 is 1.12 bits per heavy atom. The topological polar surface area (TPSA) is 57.4 Å². The normalized spacial score (nSPS) is 13.3. The molecule has 2 aliphatic rings. The van der Waals surface area contributed by atoms with E-state index in [0.717, 1.165) is 90.7 Å². The lowest BCUT2D eigenvalue weighted by Gasteiger charge is -2.08. The zero-order chi connectivity index (χ0) is 30.1. The number of aryl methyl sites for hydroxylation is 4. The van der Waals surface area contributed by atoms with Gasteiger partial charge in [0.1, 0.15) is 0 Å². The highest BCUT2D eigenvalue weighted by Gasteiger charge is 2.26. The van der Waals surface area contributed by atoms with Crippen LogP contribution in [0, 0.1) is 12.3 Å². The van der Waals surface area contributed by atoms with Gasteiger partial charge >= 0.3 is 0 Å². The minimum absolute atomic E-state index is 0.821. The van der Waals surface area contributed by atoms with Crippen molar-refractivity contribution in [2.24, 2.45) is 0 Å². The van der Waals surface area contributed by atoms with Crippen molar-refractivity contribution >= 4 is 44.4 Å². The molecule has 0 spiro atoms. The maximum Gasteiger partial charge on any atom is 0.0850 e. The molecule has 0 radical (unpaired) electrons. The zero-order valence-corrected chi connectivity index (χ0v) is 26.9. The summed E-state index contributed by atoms with van der Waals surface area (Å²) in [7, 11) is 0. The van der Waals surface area contributed by atoms with Crippen LogP contribution in [0.3, 0.4) is 0 Å². The molecule has 4 nitrogen and oxygen atoms in total. The van der Waals surface area contributed by atoms with Crippen LogP contribution in [0.5, 0.6) is 0 Å². The average Bonchev–Trinajstić information content (AvgIpc) is 3.72. The molecule has 0 unspecified atom stereocenters. The highest BCUT2D eigenvalue weighted by atomic mass is 14.8. The highest BCUT2D eigenvalue weighted by molar-refractivity contribution is 5.98. The second-order valence-corrected chi connectivity index (χ2v) is 11.2. The quantitative estimate of drug-likeness (QED) is 0.270. The number of aromatic amines is 2. The Kier molecular flexibility index (Phi) is 8.60. The van der Waals surface area contributed by atoms with E-state index in [1.165, 1.54) is 55.6 Å². The number of terminal acetylenes is 1. The molecule has 3 aromatic heterocycles. The Hall–Kier alpha value is -3.84. The van der Waals surface area contributed by atoms with E-state index < -0.39 is 0 Å². The molecule has 2 aliphatic heterocycles. The second-order valence-electron chi connectivity index (χ2n) is 11.2. The Bertz CT molecular complexity index is 1690. The van der Waals surface area contributed by atoms with E-state index in [-0.39, 0.29) is 0 Å². The predicted octanol–water partition coefficient (Wildman–Crippen LogP) is 10.0. The Balaban J connectivity index is 2.10. The van der Waals surface area contributed by atoms with Crippen molar-refractivity contribution in [1.29, 1.82) is 0 Å². The van der Waals surface area contributed by atoms with Crippen LogP contribution in [0.25, 0.3) is 44.4 Å². The molecule has 0 fully saturated rings. The monoisotopic (exact) mass is 558 g/mol. The van der Waals surface area contributed by atoms with Crippen molar-refractivity contribution in [3.63, 3.8) is 0 Å². The number of aromatic nitrogens is 4. The van der Waals surface area contributed by atoms with Crippen molar-refractivity contribution in [3.8, 4) is 12.3 Å². The number of hydrogen-bond donors (Lipinski definition) is 2. The van der Waals surface area contributed by atoms with E-state index >= 15 is 0 Å². The summed E-state index contributed by atoms with van der Waals surface area (Å²) < 4.78 is 0. The number of rotatable bonds is 8. The lowest BCUT2D eigenvalue weighted by molar-refractivity contribution is 1.07. The van der Waals surface area contributed by atoms with Gasteiger partial charge in [0.15, 0.2) is 0 Å². The smallest absolute Gasteiger partial charge is 0.0850 e. The van der Waals surface area contributed by atoms with Gasteiger partial charge in [0.05, 0.1) is 28.3 Å². The SMILES string of the molecule is C#Cc1c2nc(cc3[nH]c(cc4[nH]c(cc5nc1C(CC)=C5CC)c(CC)c4CC)c(CC)c3CC)C(CC)=C2CC. The number of H-pyrrole nitrogens is 2. The Morgan fingerprint density at radius 2 is 0.833 bits per heavy atom. The molecule has 42 heavy (non-hydrogen) atoms. The molecule has 5 rings (SSSR count). The summed E-state index contributed by atoms with van der Waals surface area (Å²) in [6.45, 7) is 17.9. The van der Waals surface area contributed by atoms with E-state index in [0.29, 0.717) is 0 Å². The molecule has 0 aromatic carbocycles. The van der Waals surface area contributed by atoms with Gasteiger partial charge in [0.2, 0.25) is 0 Å². The van der Waals surface area contributed by atoms with E-state index in [1.54, 1.807) is 0 Å². The van der Waals surface area contributed by atoms with Crippen LogP contribution in [0.2, 0.25) is 0 Å². The van der Waals surface area contributed by atoms with Crippen molar-refractivity contribution < 1.29 is 0 Å². The fourth-order valence-corrected chi connectivity index (χ4v) is 7.33. The third kappa shape index (κ3) is 4.64. The maximum atomic E-state index is 6.35. The second kappa shape index (κ2) is 12.2. The van der Waals surface area contributed by atoms with Gasteiger partial charge in [-0.1, -0.05) is 61.3 Å². The van der Waals surface area contributed by atoms with Crippen molar-refractivity contribution in [3.05, 3.63) is 68.8 Å². The van der Waals surface area contributed by atoms with E-state index in [2.05, 4.69) is 89.5 Å². The third-order valence-electron chi connectivity index (χ3n) is 9.25. The molecule has 0 saturated heterocycles. The van der Waals surface area contributed by atoms with Gasteiger partial charge in [0.25, 0.3) is 0 Å². The summed E-state index contributed by atoms with van der Waals surface area (Å²) in [4.78, 5) is 18.3. The Morgan fingerprint density at radius 1 is 0.500 bits per heavy atom. The van der Waals surface area contributed by atoms with Gasteiger partial charge in [-0.15, -0.1) is 6.42 Å². The van der Waals surface area contributed by atoms with E-state index in [4.69, 9.17) is 16.4 Å². The van der Waals surface area contributed by atoms with Crippen LogP contribution in [0.1, 0.15) is 132 Å². The summed E-state index contributed by atoms with van der Waals surface area (Å²) in [6, 6.07) is 6.88. The highest BCUT2D eigenvalue weighted by Crippen LogP contribution is 2.41. The largest absolute Gasteiger partial charge is 0.355 e. The number of nitrogens with one attached hydrogen (secondary N) is 2. The van der Waals surface area contributed by atoms with E-state index in [1.807, 2.05) is 0 Å². The standard InChI is InChI=1S/C38H46N4/c1-10-22-24(12-3)33-20-35-26(14-5)28(16-7)37(41-35)30(18-9)38-29(17-8)27(15-6)36(42-38)21-34-25(13-4)23(11-2)32(40-34)19-31(22)39-33/h9,19-21,39-40H,10-17H2,1-8H3. The number of fused-ring (bicyclic) bond motifs is 8. The molecular weight excluding hydrogens is 512 g/mol. The predicted molar refractivity (Wildman–Crippen MR) is 181 cm³/mol. The first-order valence-corrected chi connectivity index (χ1v) is 16.2. The molecular formula is C38H46N4. The summed E-state index contributed by atoms with van der Waals surface area (Å²) in [5.74, 6) is 3.07. The molecule has 0 saturated carbocycles. The zero-order valence-electron chi connectivity index (χ0n) is 26.9. The number of allylic oxidation sites excluding steroid dienone is 4. The third-order valence-corrected chi connectivity index (χ3v) is 9.25. The van der Waals surface area contributed by atoms with Crippen LogP contribution in [-0.4, -0.2) is 19.9 Å². The fourth-order valence-electron chi connectivity index (χ4n) is 7.33. The van der Waals surface area contributed by atoms with Crippen molar-refractivity contribution in [2.75, 3.05) is 0 Å². The Labute approximate surface area is 251 Å². The minimum Gasteiger partial charge on any atom is -0.355 e. The molecule has 0 aliphatic carbocycles. The maximum absolute atomic E-state index is 6.35. The van der Waals surface area contributed by atoms with Crippen LogP contribution in [0.4, 0.5) is 0 Å². The summed E-state index contributed by atoms with van der Waals surface area (Å²) in [5.41, 5.74) is 19.9. The lowest BCUT2D eigenvalue weighted by atomic mass is 9.94. The molecule has 4 heteroatoms. The molecule has 8 bridgehead atoms. The summed E-state index contributed by atoms with van der Waals surface area (Å²) >= 11 is 0. The van der Waals surface area contributed by atoms with Crippen molar-refractivity contribution in [1.82, 2.24) is 19.9 Å².